The smallest absolute Gasteiger partial charge is 0.227 e. The van der Waals surface area contributed by atoms with Crippen molar-refractivity contribution in [2.75, 3.05) is 30.4 Å². The molecule has 26 heavy (non-hydrogen) atoms. The predicted octanol–water partition coefficient (Wildman–Crippen LogP) is 4.24. The average Bonchev–Trinajstić information content (AvgIpc) is 2.72. The van der Waals surface area contributed by atoms with Gasteiger partial charge in [-0.3, -0.25) is 0 Å². The highest BCUT2D eigenvalue weighted by Crippen LogP contribution is 2.26. The Morgan fingerprint density at radius 3 is 2.58 bits per heavy atom. The lowest BCUT2D eigenvalue weighted by molar-refractivity contribution is 0.410. The van der Waals surface area contributed by atoms with Gasteiger partial charge in [-0.2, -0.15) is 4.98 Å². The van der Waals surface area contributed by atoms with Crippen LogP contribution in [0.1, 0.15) is 24.8 Å². The van der Waals surface area contributed by atoms with Crippen molar-refractivity contribution < 1.29 is 4.74 Å². The molecule has 1 N–H and O–H groups in total. The lowest BCUT2D eigenvalue weighted by Gasteiger charge is -2.27. The molecule has 0 unspecified atom stereocenters. The van der Waals surface area contributed by atoms with Crippen LogP contribution in [0, 0.1) is 0 Å². The van der Waals surface area contributed by atoms with Crippen molar-refractivity contribution in [2.45, 2.75) is 25.8 Å². The Hall–Kier alpha value is -2.82. The van der Waals surface area contributed by atoms with Gasteiger partial charge in [0.1, 0.15) is 11.6 Å². The van der Waals surface area contributed by atoms with E-state index in [0.717, 1.165) is 47.1 Å². The molecule has 3 aromatic rings. The molecule has 0 spiro atoms. The van der Waals surface area contributed by atoms with Crippen molar-refractivity contribution in [3.05, 3.63) is 54.1 Å². The van der Waals surface area contributed by atoms with E-state index < -0.39 is 0 Å². The first-order chi connectivity index (χ1) is 12.8. The number of hydrogen-bond donors (Lipinski definition) is 1. The summed E-state index contributed by atoms with van der Waals surface area (Å²) in [5, 5.41) is 4.54. The zero-order valence-electron chi connectivity index (χ0n) is 15.1. The molecule has 0 aliphatic carbocycles. The number of rotatable bonds is 5. The Morgan fingerprint density at radius 2 is 1.73 bits per heavy atom. The summed E-state index contributed by atoms with van der Waals surface area (Å²) in [7, 11) is 1.70. The van der Waals surface area contributed by atoms with Crippen molar-refractivity contribution in [1.82, 2.24) is 9.97 Å². The van der Waals surface area contributed by atoms with E-state index in [4.69, 9.17) is 14.7 Å². The Morgan fingerprint density at radius 1 is 0.962 bits per heavy atom. The number of benzene rings is 2. The second-order valence-corrected chi connectivity index (χ2v) is 6.60. The van der Waals surface area contributed by atoms with E-state index in [-0.39, 0.29) is 0 Å². The first kappa shape index (κ1) is 16.6. The summed E-state index contributed by atoms with van der Waals surface area (Å²) in [6.45, 7) is 2.72. The highest BCUT2D eigenvalue weighted by Gasteiger charge is 2.16. The summed E-state index contributed by atoms with van der Waals surface area (Å²) >= 11 is 0. The van der Waals surface area contributed by atoms with E-state index in [1.807, 2.05) is 30.3 Å². The van der Waals surface area contributed by atoms with Crippen LogP contribution in [-0.2, 0) is 6.54 Å². The number of anilines is 2. The Bertz CT molecular complexity index is 890. The van der Waals surface area contributed by atoms with Gasteiger partial charge in [0.25, 0.3) is 0 Å². The normalized spacial score (nSPS) is 14.4. The molecule has 0 atom stereocenters. The zero-order valence-corrected chi connectivity index (χ0v) is 15.1. The van der Waals surface area contributed by atoms with Gasteiger partial charge in [0.15, 0.2) is 0 Å². The van der Waals surface area contributed by atoms with Crippen LogP contribution >= 0.6 is 0 Å². The summed E-state index contributed by atoms with van der Waals surface area (Å²) in [6.07, 6.45) is 3.71. The lowest BCUT2D eigenvalue weighted by Crippen LogP contribution is -2.31. The molecule has 5 heteroatoms. The van der Waals surface area contributed by atoms with E-state index in [1.54, 1.807) is 7.11 Å². The Kier molecular flexibility index (Phi) is 4.86. The molecular formula is C21H24N4O. The fourth-order valence-corrected chi connectivity index (χ4v) is 3.46. The maximum Gasteiger partial charge on any atom is 0.227 e. The number of fused-ring (bicyclic) bond motifs is 1. The number of piperidine rings is 1. The average molecular weight is 348 g/mol. The molecule has 2 heterocycles. The predicted molar refractivity (Wildman–Crippen MR) is 106 cm³/mol. The summed E-state index contributed by atoms with van der Waals surface area (Å²) in [4.78, 5) is 12.0. The Labute approximate surface area is 154 Å². The van der Waals surface area contributed by atoms with Crippen LogP contribution in [0.2, 0.25) is 0 Å². The minimum absolute atomic E-state index is 0.657. The topological polar surface area (TPSA) is 50.3 Å². The highest BCUT2D eigenvalue weighted by atomic mass is 16.5. The highest BCUT2D eigenvalue weighted by molar-refractivity contribution is 5.90. The van der Waals surface area contributed by atoms with Gasteiger partial charge in [-0.15, -0.1) is 0 Å². The molecule has 2 aromatic carbocycles. The van der Waals surface area contributed by atoms with Crippen LogP contribution < -0.4 is 15.0 Å². The molecule has 0 radical (unpaired) electrons. The number of para-hydroxylation sites is 2. The number of aromatic nitrogens is 2. The zero-order chi connectivity index (χ0) is 17.8. The number of nitrogens with zero attached hydrogens (tertiary/aromatic N) is 3. The largest absolute Gasteiger partial charge is 0.496 e. The first-order valence-electron chi connectivity index (χ1n) is 9.22. The molecule has 134 valence electrons. The van der Waals surface area contributed by atoms with Crippen LogP contribution in [0.3, 0.4) is 0 Å². The van der Waals surface area contributed by atoms with Crippen LogP contribution in [-0.4, -0.2) is 30.2 Å². The quantitative estimate of drug-likeness (QED) is 0.747. The molecule has 4 rings (SSSR count). The van der Waals surface area contributed by atoms with Gasteiger partial charge in [0, 0.05) is 30.6 Å². The van der Waals surface area contributed by atoms with E-state index in [9.17, 15) is 0 Å². The van der Waals surface area contributed by atoms with Crippen molar-refractivity contribution in [1.29, 1.82) is 0 Å². The summed E-state index contributed by atoms with van der Waals surface area (Å²) < 4.78 is 5.46. The molecule has 1 fully saturated rings. The van der Waals surface area contributed by atoms with Crippen LogP contribution in [0.4, 0.5) is 11.8 Å². The maximum absolute atomic E-state index is 5.46. The van der Waals surface area contributed by atoms with Gasteiger partial charge in [-0.1, -0.05) is 30.3 Å². The fraction of sp³-hybridized carbons (Fsp3) is 0.333. The van der Waals surface area contributed by atoms with Gasteiger partial charge in [-0.05, 0) is 37.5 Å². The molecule has 1 saturated heterocycles. The van der Waals surface area contributed by atoms with E-state index in [1.165, 1.54) is 19.3 Å². The minimum atomic E-state index is 0.657. The maximum atomic E-state index is 5.46. The summed E-state index contributed by atoms with van der Waals surface area (Å²) in [5.41, 5.74) is 2.09. The van der Waals surface area contributed by atoms with E-state index >= 15 is 0 Å². The van der Waals surface area contributed by atoms with E-state index in [0.29, 0.717) is 6.54 Å². The third-order valence-corrected chi connectivity index (χ3v) is 4.87. The molecular weight excluding hydrogens is 324 g/mol. The molecule has 0 saturated carbocycles. The fourth-order valence-electron chi connectivity index (χ4n) is 3.46. The molecule has 1 aliphatic heterocycles. The molecule has 0 amide bonds. The van der Waals surface area contributed by atoms with Crippen molar-refractivity contribution >= 4 is 22.7 Å². The molecule has 5 nitrogen and oxygen atoms in total. The van der Waals surface area contributed by atoms with Crippen molar-refractivity contribution in [3.63, 3.8) is 0 Å². The van der Waals surface area contributed by atoms with Gasteiger partial charge in [-0.25, -0.2) is 4.98 Å². The van der Waals surface area contributed by atoms with Gasteiger partial charge in [0.2, 0.25) is 5.95 Å². The van der Waals surface area contributed by atoms with Crippen molar-refractivity contribution in [3.8, 4) is 5.75 Å². The van der Waals surface area contributed by atoms with E-state index in [2.05, 4.69) is 28.4 Å². The summed E-state index contributed by atoms with van der Waals surface area (Å²) in [5.74, 6) is 2.59. The van der Waals surface area contributed by atoms with Crippen LogP contribution in [0.25, 0.3) is 10.9 Å². The number of nitrogens with one attached hydrogen (secondary N) is 1. The second-order valence-electron chi connectivity index (χ2n) is 6.60. The van der Waals surface area contributed by atoms with Crippen LogP contribution in [0.5, 0.6) is 5.75 Å². The lowest BCUT2D eigenvalue weighted by atomic mass is 10.1. The standard InChI is InChI=1S/C21H24N4O/c1-26-19-12-6-3-9-16(19)15-22-20-17-10-4-5-11-18(17)23-21(24-20)25-13-7-2-8-14-25/h3-6,9-12H,2,7-8,13-15H2,1H3,(H,22,23,24). The molecule has 0 bridgehead atoms. The third-order valence-electron chi connectivity index (χ3n) is 4.87. The SMILES string of the molecule is COc1ccccc1CNc1nc(N2CCCCC2)nc2ccccc12. The number of methoxy groups -OCH3 is 1. The van der Waals surface area contributed by atoms with Gasteiger partial charge >= 0.3 is 0 Å². The number of hydrogen-bond acceptors (Lipinski definition) is 5. The monoisotopic (exact) mass is 348 g/mol. The van der Waals surface area contributed by atoms with Crippen LogP contribution in [0.15, 0.2) is 48.5 Å². The Balaban J connectivity index is 1.66. The first-order valence-corrected chi connectivity index (χ1v) is 9.22. The minimum Gasteiger partial charge on any atom is -0.496 e. The van der Waals surface area contributed by atoms with Gasteiger partial charge in [0.05, 0.1) is 12.6 Å². The number of ether oxygens (including phenoxy) is 1. The summed E-state index contributed by atoms with van der Waals surface area (Å²) in [6, 6.07) is 16.2. The third kappa shape index (κ3) is 3.43. The van der Waals surface area contributed by atoms with Crippen molar-refractivity contribution in [2.24, 2.45) is 0 Å². The second kappa shape index (κ2) is 7.60. The molecule has 1 aromatic heterocycles. The van der Waals surface area contributed by atoms with Gasteiger partial charge < -0.3 is 15.0 Å². The molecule has 1 aliphatic rings.